The van der Waals surface area contributed by atoms with E-state index in [1.807, 2.05) is 0 Å². The molecule has 0 radical (unpaired) electrons. The second kappa shape index (κ2) is 7.65. The predicted octanol–water partition coefficient (Wildman–Crippen LogP) is 1.40. The molecular formula is C13H16FN5OS. The standard InChI is InChI=1S/C13H16FN5OS/c1-20-7-6-15-13(21)17-12-16-9-19(18-12)8-10-4-2-3-5-11(10)14/h2-5,9H,6-8H2,1H3,(H2,15,17,18,21). The predicted molar refractivity (Wildman–Crippen MR) is 81.6 cm³/mol. The van der Waals surface area contributed by atoms with E-state index in [1.54, 1.807) is 30.0 Å². The Labute approximate surface area is 127 Å². The summed E-state index contributed by atoms with van der Waals surface area (Å²) < 4.78 is 20.0. The van der Waals surface area contributed by atoms with E-state index in [2.05, 4.69) is 20.7 Å². The zero-order valence-corrected chi connectivity index (χ0v) is 12.4. The Morgan fingerprint density at radius 3 is 3.00 bits per heavy atom. The lowest BCUT2D eigenvalue weighted by Crippen LogP contribution is -2.31. The smallest absolute Gasteiger partial charge is 0.248 e. The number of ether oxygens (including phenoxy) is 1. The fourth-order valence-electron chi connectivity index (χ4n) is 1.64. The highest BCUT2D eigenvalue weighted by atomic mass is 32.1. The Morgan fingerprint density at radius 2 is 2.24 bits per heavy atom. The van der Waals surface area contributed by atoms with Crippen molar-refractivity contribution in [3.8, 4) is 0 Å². The third-order valence-corrected chi connectivity index (χ3v) is 2.89. The molecule has 0 bridgehead atoms. The number of aromatic nitrogens is 3. The van der Waals surface area contributed by atoms with Gasteiger partial charge in [0.25, 0.3) is 0 Å². The number of benzene rings is 1. The summed E-state index contributed by atoms with van der Waals surface area (Å²) >= 11 is 5.08. The van der Waals surface area contributed by atoms with Crippen molar-refractivity contribution in [2.75, 3.05) is 25.6 Å². The summed E-state index contributed by atoms with van der Waals surface area (Å²) in [4.78, 5) is 4.07. The molecule has 0 saturated heterocycles. The largest absolute Gasteiger partial charge is 0.383 e. The Kier molecular flexibility index (Phi) is 5.59. The number of thiocarbonyl (C=S) groups is 1. The third kappa shape index (κ3) is 4.76. The number of nitrogens with one attached hydrogen (secondary N) is 2. The van der Waals surface area contributed by atoms with Crippen molar-refractivity contribution >= 4 is 23.3 Å². The van der Waals surface area contributed by atoms with Crippen molar-refractivity contribution in [3.05, 3.63) is 42.0 Å². The highest BCUT2D eigenvalue weighted by Gasteiger charge is 2.06. The number of hydrogen-bond donors (Lipinski definition) is 2. The first-order valence-corrected chi connectivity index (χ1v) is 6.76. The summed E-state index contributed by atoms with van der Waals surface area (Å²) in [5.74, 6) is 0.0977. The van der Waals surface area contributed by atoms with Gasteiger partial charge < -0.3 is 10.1 Å². The van der Waals surface area contributed by atoms with Gasteiger partial charge in [-0.1, -0.05) is 18.2 Å². The van der Waals surface area contributed by atoms with Crippen LogP contribution in [-0.4, -0.2) is 40.1 Å². The minimum atomic E-state index is -0.265. The fourth-order valence-corrected chi connectivity index (χ4v) is 1.83. The van der Waals surface area contributed by atoms with Gasteiger partial charge in [0.2, 0.25) is 5.95 Å². The SMILES string of the molecule is COCCNC(=S)Nc1ncn(Cc2ccccc2F)n1. The summed E-state index contributed by atoms with van der Waals surface area (Å²) in [7, 11) is 1.62. The molecule has 2 aromatic rings. The van der Waals surface area contributed by atoms with Gasteiger partial charge in [-0.25, -0.2) is 14.1 Å². The van der Waals surface area contributed by atoms with Crippen molar-refractivity contribution in [2.24, 2.45) is 0 Å². The average Bonchev–Trinajstić information content (AvgIpc) is 2.89. The highest BCUT2D eigenvalue weighted by molar-refractivity contribution is 7.80. The Morgan fingerprint density at radius 1 is 1.43 bits per heavy atom. The number of hydrogen-bond acceptors (Lipinski definition) is 4. The van der Waals surface area contributed by atoms with Crippen molar-refractivity contribution in [2.45, 2.75) is 6.54 Å². The zero-order chi connectivity index (χ0) is 15.1. The van der Waals surface area contributed by atoms with Gasteiger partial charge in [-0.3, -0.25) is 5.32 Å². The maximum absolute atomic E-state index is 13.5. The van der Waals surface area contributed by atoms with Gasteiger partial charge in [0.15, 0.2) is 5.11 Å². The van der Waals surface area contributed by atoms with Crippen LogP contribution < -0.4 is 10.6 Å². The number of halogens is 1. The summed E-state index contributed by atoms with van der Waals surface area (Å²) in [5.41, 5.74) is 0.551. The van der Waals surface area contributed by atoms with E-state index >= 15 is 0 Å². The van der Waals surface area contributed by atoms with E-state index in [4.69, 9.17) is 17.0 Å². The van der Waals surface area contributed by atoms with Crippen LogP contribution in [0.2, 0.25) is 0 Å². The molecule has 1 heterocycles. The highest BCUT2D eigenvalue weighted by Crippen LogP contribution is 2.08. The molecule has 21 heavy (non-hydrogen) atoms. The van der Waals surface area contributed by atoms with E-state index in [0.29, 0.717) is 36.3 Å². The molecule has 2 rings (SSSR count). The van der Waals surface area contributed by atoms with Gasteiger partial charge in [0.1, 0.15) is 12.1 Å². The molecule has 0 aliphatic carbocycles. The first kappa shape index (κ1) is 15.3. The summed E-state index contributed by atoms with van der Waals surface area (Å²) in [5, 5.41) is 10.4. The lowest BCUT2D eigenvalue weighted by Gasteiger charge is -2.06. The molecule has 0 saturated carbocycles. The van der Waals surface area contributed by atoms with Crippen LogP contribution in [0, 0.1) is 5.82 Å². The summed E-state index contributed by atoms with van der Waals surface area (Å²) in [6, 6.07) is 6.56. The number of rotatable bonds is 6. The van der Waals surface area contributed by atoms with Crippen LogP contribution in [0.4, 0.5) is 10.3 Å². The third-order valence-electron chi connectivity index (χ3n) is 2.64. The van der Waals surface area contributed by atoms with Crippen LogP contribution in [0.1, 0.15) is 5.56 Å². The lowest BCUT2D eigenvalue weighted by atomic mass is 10.2. The van der Waals surface area contributed by atoms with Crippen molar-refractivity contribution in [1.82, 2.24) is 20.1 Å². The van der Waals surface area contributed by atoms with Crippen LogP contribution in [0.25, 0.3) is 0 Å². The minimum absolute atomic E-state index is 0.265. The van der Waals surface area contributed by atoms with Gasteiger partial charge in [-0.2, -0.15) is 0 Å². The summed E-state index contributed by atoms with van der Waals surface area (Å²) in [6.07, 6.45) is 1.52. The van der Waals surface area contributed by atoms with Crippen molar-refractivity contribution in [3.63, 3.8) is 0 Å². The number of anilines is 1. The van der Waals surface area contributed by atoms with Crippen LogP contribution in [0.5, 0.6) is 0 Å². The normalized spacial score (nSPS) is 10.4. The molecule has 112 valence electrons. The number of methoxy groups -OCH3 is 1. The first-order chi connectivity index (χ1) is 10.2. The van der Waals surface area contributed by atoms with E-state index in [-0.39, 0.29) is 5.82 Å². The quantitative estimate of drug-likeness (QED) is 0.621. The molecule has 0 spiro atoms. The maximum atomic E-state index is 13.5. The lowest BCUT2D eigenvalue weighted by molar-refractivity contribution is 0.204. The maximum Gasteiger partial charge on any atom is 0.248 e. The van der Waals surface area contributed by atoms with E-state index in [9.17, 15) is 4.39 Å². The second-order valence-corrected chi connectivity index (χ2v) is 4.64. The second-order valence-electron chi connectivity index (χ2n) is 4.23. The van der Waals surface area contributed by atoms with Gasteiger partial charge in [-0.15, -0.1) is 5.10 Å². The first-order valence-electron chi connectivity index (χ1n) is 6.35. The number of nitrogens with zero attached hydrogens (tertiary/aromatic N) is 3. The van der Waals surface area contributed by atoms with Gasteiger partial charge in [-0.05, 0) is 18.3 Å². The molecule has 1 aromatic heterocycles. The molecule has 6 nitrogen and oxygen atoms in total. The molecule has 1 aromatic carbocycles. The molecule has 0 atom stereocenters. The van der Waals surface area contributed by atoms with E-state index in [0.717, 1.165) is 0 Å². The fraction of sp³-hybridized carbons (Fsp3) is 0.308. The van der Waals surface area contributed by atoms with E-state index < -0.39 is 0 Å². The molecule has 0 fully saturated rings. The molecular weight excluding hydrogens is 293 g/mol. The van der Waals surface area contributed by atoms with Gasteiger partial charge in [0, 0.05) is 19.2 Å². The van der Waals surface area contributed by atoms with Crippen LogP contribution >= 0.6 is 12.2 Å². The molecule has 0 aliphatic heterocycles. The van der Waals surface area contributed by atoms with Crippen molar-refractivity contribution < 1.29 is 9.13 Å². The average molecular weight is 309 g/mol. The molecule has 8 heteroatoms. The van der Waals surface area contributed by atoms with Crippen LogP contribution in [-0.2, 0) is 11.3 Å². The molecule has 0 amide bonds. The van der Waals surface area contributed by atoms with Gasteiger partial charge in [0.05, 0.1) is 13.2 Å². The Hall–Kier alpha value is -2.06. The topological polar surface area (TPSA) is 64.0 Å². The minimum Gasteiger partial charge on any atom is -0.383 e. The zero-order valence-electron chi connectivity index (χ0n) is 11.5. The van der Waals surface area contributed by atoms with E-state index in [1.165, 1.54) is 12.4 Å². The van der Waals surface area contributed by atoms with Crippen molar-refractivity contribution in [1.29, 1.82) is 0 Å². The monoisotopic (exact) mass is 309 g/mol. The van der Waals surface area contributed by atoms with Crippen LogP contribution in [0.15, 0.2) is 30.6 Å². The molecule has 0 aliphatic rings. The van der Waals surface area contributed by atoms with Crippen LogP contribution in [0.3, 0.4) is 0 Å². The van der Waals surface area contributed by atoms with Gasteiger partial charge >= 0.3 is 0 Å². The Bertz CT molecular complexity index is 604. The molecule has 0 unspecified atom stereocenters. The summed E-state index contributed by atoms with van der Waals surface area (Å²) in [6.45, 7) is 1.46. The Balaban J connectivity index is 1.89. The molecule has 2 N–H and O–H groups in total.